The van der Waals surface area contributed by atoms with Gasteiger partial charge in [-0.3, -0.25) is 4.79 Å². The van der Waals surface area contributed by atoms with Gasteiger partial charge in [0.1, 0.15) is 5.82 Å². The Morgan fingerprint density at radius 3 is 2.60 bits per heavy atom. The predicted octanol–water partition coefficient (Wildman–Crippen LogP) is 3.28. The van der Waals surface area contributed by atoms with Gasteiger partial charge in [0.2, 0.25) is 0 Å². The van der Waals surface area contributed by atoms with Crippen LogP contribution in [0, 0.1) is 13.8 Å². The van der Waals surface area contributed by atoms with Crippen molar-refractivity contribution in [2.24, 2.45) is 0 Å². The van der Waals surface area contributed by atoms with Gasteiger partial charge in [-0.1, -0.05) is 17.7 Å². The Morgan fingerprint density at radius 2 is 1.85 bits per heavy atom. The number of fused-ring (bicyclic) bond motifs is 1. The molecule has 0 bridgehead atoms. The molecule has 0 unspecified atom stereocenters. The normalized spacial score (nSPS) is 10.7. The van der Waals surface area contributed by atoms with Crippen molar-refractivity contribution in [1.82, 2.24) is 9.97 Å². The van der Waals surface area contributed by atoms with E-state index >= 15 is 0 Å². The maximum Gasteiger partial charge on any atom is 0.259 e. The Labute approximate surface area is 116 Å². The summed E-state index contributed by atoms with van der Waals surface area (Å²) in [6, 6.07) is 11.8. The van der Waals surface area contributed by atoms with Crippen LogP contribution in [0.1, 0.15) is 11.3 Å². The first kappa shape index (κ1) is 12.4. The van der Waals surface area contributed by atoms with Crippen LogP contribution >= 0.6 is 0 Å². The highest BCUT2D eigenvalue weighted by molar-refractivity contribution is 5.92. The third-order valence-electron chi connectivity index (χ3n) is 3.20. The molecule has 0 aliphatic carbocycles. The van der Waals surface area contributed by atoms with E-state index in [1.165, 1.54) is 5.56 Å². The zero-order chi connectivity index (χ0) is 14.1. The molecule has 3 rings (SSSR count). The quantitative estimate of drug-likeness (QED) is 0.747. The predicted molar refractivity (Wildman–Crippen MR) is 81.6 cm³/mol. The molecule has 2 heterocycles. The molecule has 0 spiro atoms. The molecule has 4 heteroatoms. The van der Waals surface area contributed by atoms with E-state index in [0.29, 0.717) is 11.2 Å². The van der Waals surface area contributed by atoms with Crippen molar-refractivity contribution in [3.63, 3.8) is 0 Å². The topological polar surface area (TPSA) is 57.8 Å². The number of anilines is 2. The minimum Gasteiger partial charge on any atom is -0.340 e. The zero-order valence-electron chi connectivity index (χ0n) is 11.4. The van der Waals surface area contributed by atoms with E-state index in [9.17, 15) is 4.79 Å². The summed E-state index contributed by atoms with van der Waals surface area (Å²) in [4.78, 5) is 19.2. The Morgan fingerprint density at radius 1 is 1.10 bits per heavy atom. The van der Waals surface area contributed by atoms with Crippen molar-refractivity contribution in [3.05, 3.63) is 64.2 Å². The van der Waals surface area contributed by atoms with E-state index in [2.05, 4.69) is 15.3 Å². The van der Waals surface area contributed by atoms with Crippen molar-refractivity contribution in [2.45, 2.75) is 13.8 Å². The fourth-order valence-corrected chi connectivity index (χ4v) is 2.21. The van der Waals surface area contributed by atoms with E-state index < -0.39 is 0 Å². The molecule has 0 aliphatic rings. The minimum atomic E-state index is -0.135. The van der Waals surface area contributed by atoms with Gasteiger partial charge in [-0.15, -0.1) is 0 Å². The molecule has 2 aromatic heterocycles. The third-order valence-corrected chi connectivity index (χ3v) is 3.20. The average molecular weight is 265 g/mol. The number of aryl methyl sites for hydroxylation is 2. The molecule has 0 radical (unpaired) electrons. The van der Waals surface area contributed by atoms with Crippen LogP contribution in [0.25, 0.3) is 10.8 Å². The van der Waals surface area contributed by atoms with Crippen LogP contribution in [0.15, 0.2) is 47.4 Å². The van der Waals surface area contributed by atoms with Crippen LogP contribution in [0.4, 0.5) is 11.5 Å². The number of hydrogen-bond donors (Lipinski definition) is 2. The second-order valence-corrected chi connectivity index (χ2v) is 4.87. The lowest BCUT2D eigenvalue weighted by molar-refractivity contribution is 1.20. The second kappa shape index (κ2) is 4.81. The number of benzene rings is 1. The number of nitrogens with one attached hydrogen (secondary N) is 2. The third kappa shape index (κ3) is 2.28. The maximum absolute atomic E-state index is 12.0. The van der Waals surface area contributed by atoms with Gasteiger partial charge in [0.25, 0.3) is 5.56 Å². The molecule has 1 aromatic carbocycles. The highest BCUT2D eigenvalue weighted by Gasteiger charge is 2.08. The molecule has 0 atom stereocenters. The van der Waals surface area contributed by atoms with Gasteiger partial charge in [0.15, 0.2) is 0 Å². The number of hydrogen-bond acceptors (Lipinski definition) is 3. The van der Waals surface area contributed by atoms with Gasteiger partial charge in [0.05, 0.1) is 5.39 Å². The molecule has 0 saturated carbocycles. The standard InChI is InChI=1S/C16H15N3O/c1-10-3-5-13(6-4-10)19-15-14-12(9-11(2)18-15)7-8-17-16(14)20/h3-9H,1-2H3,(H,17,20)(H,18,19). The van der Waals surface area contributed by atoms with Crippen LogP contribution in [0.5, 0.6) is 0 Å². The average Bonchev–Trinajstić information content (AvgIpc) is 2.41. The number of nitrogens with zero attached hydrogens (tertiary/aromatic N) is 1. The van der Waals surface area contributed by atoms with Gasteiger partial charge >= 0.3 is 0 Å². The first-order chi connectivity index (χ1) is 9.63. The smallest absolute Gasteiger partial charge is 0.259 e. The first-order valence-electron chi connectivity index (χ1n) is 6.46. The van der Waals surface area contributed by atoms with Crippen LogP contribution in [0.3, 0.4) is 0 Å². The molecule has 0 aliphatic heterocycles. The minimum absolute atomic E-state index is 0.135. The summed E-state index contributed by atoms with van der Waals surface area (Å²) in [6.45, 7) is 3.95. The van der Waals surface area contributed by atoms with Gasteiger partial charge < -0.3 is 10.3 Å². The molecule has 0 amide bonds. The molecule has 2 N–H and O–H groups in total. The number of aromatic amines is 1. The fraction of sp³-hybridized carbons (Fsp3) is 0.125. The molecule has 0 saturated heterocycles. The number of aromatic nitrogens is 2. The molecule has 0 fully saturated rings. The lowest BCUT2D eigenvalue weighted by Crippen LogP contribution is -2.09. The summed E-state index contributed by atoms with van der Waals surface area (Å²) in [7, 11) is 0. The lowest BCUT2D eigenvalue weighted by atomic mass is 10.1. The SMILES string of the molecule is Cc1ccc(Nc2nc(C)cc3cc[nH]c(=O)c23)cc1. The summed E-state index contributed by atoms with van der Waals surface area (Å²) >= 11 is 0. The highest BCUT2D eigenvalue weighted by Crippen LogP contribution is 2.22. The van der Waals surface area contributed by atoms with Crippen molar-refractivity contribution in [3.8, 4) is 0 Å². The number of H-pyrrole nitrogens is 1. The van der Waals surface area contributed by atoms with E-state index in [-0.39, 0.29) is 5.56 Å². The zero-order valence-corrected chi connectivity index (χ0v) is 11.4. The van der Waals surface area contributed by atoms with Gasteiger partial charge in [-0.2, -0.15) is 0 Å². The van der Waals surface area contributed by atoms with Crippen molar-refractivity contribution in [1.29, 1.82) is 0 Å². The van der Waals surface area contributed by atoms with Gasteiger partial charge in [-0.25, -0.2) is 4.98 Å². The Hall–Kier alpha value is -2.62. The van der Waals surface area contributed by atoms with Crippen LogP contribution < -0.4 is 10.9 Å². The van der Waals surface area contributed by atoms with E-state index in [1.54, 1.807) is 6.20 Å². The second-order valence-electron chi connectivity index (χ2n) is 4.87. The summed E-state index contributed by atoms with van der Waals surface area (Å²) < 4.78 is 0. The number of rotatable bonds is 2. The molecular weight excluding hydrogens is 250 g/mol. The summed E-state index contributed by atoms with van der Waals surface area (Å²) in [5.41, 5.74) is 2.84. The van der Waals surface area contributed by atoms with Crippen molar-refractivity contribution in [2.75, 3.05) is 5.32 Å². The van der Waals surface area contributed by atoms with E-state index in [4.69, 9.17) is 0 Å². The lowest BCUT2D eigenvalue weighted by Gasteiger charge is -2.09. The molecule has 20 heavy (non-hydrogen) atoms. The van der Waals surface area contributed by atoms with Crippen molar-refractivity contribution < 1.29 is 0 Å². The van der Waals surface area contributed by atoms with Crippen molar-refractivity contribution >= 4 is 22.3 Å². The van der Waals surface area contributed by atoms with E-state index in [1.807, 2.05) is 50.2 Å². The molecule has 100 valence electrons. The molecule has 4 nitrogen and oxygen atoms in total. The Bertz CT molecular complexity index is 819. The van der Waals surface area contributed by atoms with Crippen LogP contribution in [-0.4, -0.2) is 9.97 Å². The highest BCUT2D eigenvalue weighted by atomic mass is 16.1. The molecule has 3 aromatic rings. The monoisotopic (exact) mass is 265 g/mol. The van der Waals surface area contributed by atoms with Gasteiger partial charge in [0, 0.05) is 17.6 Å². The Kier molecular flexibility index (Phi) is 2.99. The number of pyridine rings is 2. The van der Waals surface area contributed by atoms with Crippen LogP contribution in [0.2, 0.25) is 0 Å². The largest absolute Gasteiger partial charge is 0.340 e. The van der Waals surface area contributed by atoms with E-state index in [0.717, 1.165) is 16.8 Å². The summed E-state index contributed by atoms with van der Waals surface area (Å²) in [5, 5.41) is 4.69. The fourth-order valence-electron chi connectivity index (χ4n) is 2.21. The van der Waals surface area contributed by atoms with Crippen LogP contribution in [-0.2, 0) is 0 Å². The molecular formula is C16H15N3O. The first-order valence-corrected chi connectivity index (χ1v) is 6.46. The summed E-state index contributed by atoms with van der Waals surface area (Å²) in [5.74, 6) is 0.589. The Balaban J connectivity index is 2.15. The maximum atomic E-state index is 12.0. The van der Waals surface area contributed by atoms with Gasteiger partial charge in [-0.05, 0) is 43.5 Å². The summed E-state index contributed by atoms with van der Waals surface area (Å²) in [6.07, 6.45) is 1.65.